The Balaban J connectivity index is 0.00000220. The van der Waals surface area contributed by atoms with Crippen LogP contribution in [-0.2, 0) is 17.5 Å². The Kier molecular flexibility index (Phi) is 6.01. The first kappa shape index (κ1) is 18.2. The van der Waals surface area contributed by atoms with E-state index in [0.29, 0.717) is 6.42 Å². The Hall–Kier alpha value is -0.860. The third-order valence-corrected chi connectivity index (χ3v) is 4.25. The van der Waals surface area contributed by atoms with Gasteiger partial charge in [-0.15, -0.1) is 23.7 Å². The molecule has 9 heteroatoms. The van der Waals surface area contributed by atoms with Gasteiger partial charge in [-0.25, -0.2) is 4.98 Å². The van der Waals surface area contributed by atoms with E-state index in [0.717, 1.165) is 29.6 Å². The van der Waals surface area contributed by atoms with Crippen LogP contribution in [0.15, 0.2) is 5.38 Å². The van der Waals surface area contributed by atoms with Gasteiger partial charge in [-0.1, -0.05) is 0 Å². The highest BCUT2D eigenvalue weighted by Crippen LogP contribution is 2.31. The number of alkyl halides is 3. The van der Waals surface area contributed by atoms with E-state index >= 15 is 0 Å². The van der Waals surface area contributed by atoms with Crippen molar-refractivity contribution < 1.29 is 18.0 Å². The number of aromatic nitrogens is 1. The molecule has 0 bridgehead atoms. The van der Waals surface area contributed by atoms with Crippen molar-refractivity contribution in [2.75, 3.05) is 7.05 Å². The average molecular weight is 344 g/mol. The first-order valence-electron chi connectivity index (χ1n) is 6.29. The normalized spacial score (nSPS) is 22.0. The van der Waals surface area contributed by atoms with Crippen LogP contribution in [0.5, 0.6) is 0 Å². The van der Waals surface area contributed by atoms with Gasteiger partial charge in [0.25, 0.3) is 0 Å². The summed E-state index contributed by atoms with van der Waals surface area (Å²) in [5.74, 6) is -0.182. The van der Waals surface area contributed by atoms with Gasteiger partial charge in [-0.05, 0) is 19.3 Å². The highest BCUT2D eigenvalue weighted by molar-refractivity contribution is 7.09. The predicted octanol–water partition coefficient (Wildman–Crippen LogP) is 2.67. The van der Waals surface area contributed by atoms with Crippen LogP contribution in [-0.4, -0.2) is 28.9 Å². The highest BCUT2D eigenvalue weighted by Gasteiger charge is 2.34. The van der Waals surface area contributed by atoms with Gasteiger partial charge in [0.05, 0.1) is 6.54 Å². The maximum atomic E-state index is 12.4. The number of hydrogen-bond acceptors (Lipinski definition) is 4. The molecule has 0 saturated heterocycles. The zero-order valence-corrected chi connectivity index (χ0v) is 13.0. The number of carbonyl (C=O) groups is 1. The van der Waals surface area contributed by atoms with Gasteiger partial charge in [-0.2, -0.15) is 13.2 Å². The first-order valence-corrected chi connectivity index (χ1v) is 7.17. The van der Waals surface area contributed by atoms with Gasteiger partial charge in [0.2, 0.25) is 5.91 Å². The molecule has 1 amide bonds. The average Bonchev–Trinajstić information content (AvgIpc) is 2.96. The third kappa shape index (κ3) is 4.55. The fraction of sp³-hybridized carbons (Fsp3) is 0.667. The van der Waals surface area contributed by atoms with Crippen LogP contribution in [0.25, 0.3) is 0 Å². The topological polar surface area (TPSA) is 59.2 Å². The van der Waals surface area contributed by atoms with Gasteiger partial charge < -0.3 is 10.6 Å². The van der Waals surface area contributed by atoms with Crippen molar-refractivity contribution in [1.82, 2.24) is 9.88 Å². The van der Waals surface area contributed by atoms with Crippen molar-refractivity contribution in [1.29, 1.82) is 0 Å². The van der Waals surface area contributed by atoms with Crippen LogP contribution in [0.3, 0.4) is 0 Å². The fourth-order valence-electron chi connectivity index (χ4n) is 2.35. The van der Waals surface area contributed by atoms with Crippen LogP contribution in [0.1, 0.15) is 30.0 Å². The summed E-state index contributed by atoms with van der Waals surface area (Å²) < 4.78 is 37.3. The molecule has 1 aromatic rings. The SMILES string of the molecule is CN(Cc1nc(C(F)(F)F)cs1)C(=O)C1CCC(N)C1.Cl. The van der Waals surface area contributed by atoms with E-state index in [4.69, 9.17) is 5.73 Å². The molecule has 1 aliphatic carbocycles. The zero-order valence-electron chi connectivity index (χ0n) is 11.4. The summed E-state index contributed by atoms with van der Waals surface area (Å²) in [6.45, 7) is 0.102. The molecule has 1 aliphatic rings. The molecule has 0 aromatic carbocycles. The minimum atomic E-state index is -4.43. The van der Waals surface area contributed by atoms with E-state index in [2.05, 4.69) is 4.98 Å². The second-order valence-corrected chi connectivity index (χ2v) is 6.03. The molecule has 0 spiro atoms. The summed E-state index contributed by atoms with van der Waals surface area (Å²) >= 11 is 0.916. The lowest BCUT2D eigenvalue weighted by atomic mass is 10.1. The summed E-state index contributed by atoms with van der Waals surface area (Å²) in [6.07, 6.45) is -2.22. The van der Waals surface area contributed by atoms with Crippen LogP contribution < -0.4 is 5.73 Å². The number of nitrogens with two attached hydrogens (primary N) is 1. The Morgan fingerprint density at radius 3 is 2.67 bits per heavy atom. The molecule has 1 fully saturated rings. The Labute approximate surface area is 130 Å². The minimum absolute atomic E-state index is 0. The van der Waals surface area contributed by atoms with E-state index in [1.165, 1.54) is 4.90 Å². The van der Waals surface area contributed by atoms with Crippen LogP contribution in [0.2, 0.25) is 0 Å². The van der Waals surface area contributed by atoms with Crippen molar-refractivity contribution in [3.05, 3.63) is 16.1 Å². The molecule has 120 valence electrons. The number of hydrogen-bond donors (Lipinski definition) is 1. The minimum Gasteiger partial charge on any atom is -0.339 e. The van der Waals surface area contributed by atoms with Crippen LogP contribution in [0, 0.1) is 5.92 Å². The lowest BCUT2D eigenvalue weighted by molar-refractivity contribution is -0.140. The Morgan fingerprint density at radius 2 is 2.19 bits per heavy atom. The molecule has 21 heavy (non-hydrogen) atoms. The predicted molar refractivity (Wildman–Crippen MR) is 76.2 cm³/mol. The van der Waals surface area contributed by atoms with Crippen molar-refractivity contribution in [3.63, 3.8) is 0 Å². The number of amides is 1. The lowest BCUT2D eigenvalue weighted by Gasteiger charge is -2.19. The second kappa shape index (κ2) is 6.93. The molecule has 2 rings (SSSR count). The highest BCUT2D eigenvalue weighted by atomic mass is 35.5. The van der Waals surface area contributed by atoms with Gasteiger partial charge in [0, 0.05) is 24.4 Å². The summed E-state index contributed by atoms with van der Waals surface area (Å²) in [5.41, 5.74) is 4.86. The number of rotatable bonds is 3. The summed E-state index contributed by atoms with van der Waals surface area (Å²) in [4.78, 5) is 17.1. The van der Waals surface area contributed by atoms with Gasteiger partial charge in [0.1, 0.15) is 5.01 Å². The van der Waals surface area contributed by atoms with E-state index in [9.17, 15) is 18.0 Å². The van der Waals surface area contributed by atoms with Crippen molar-refractivity contribution in [2.24, 2.45) is 11.7 Å². The number of thiazole rings is 1. The molecule has 4 nitrogen and oxygen atoms in total. The Morgan fingerprint density at radius 1 is 1.52 bits per heavy atom. The monoisotopic (exact) mass is 343 g/mol. The third-order valence-electron chi connectivity index (χ3n) is 3.41. The molecule has 0 aliphatic heterocycles. The maximum absolute atomic E-state index is 12.4. The lowest BCUT2D eigenvalue weighted by Crippen LogP contribution is -2.32. The molecule has 2 N–H and O–H groups in total. The van der Waals surface area contributed by atoms with E-state index in [1.807, 2.05) is 0 Å². The van der Waals surface area contributed by atoms with Crippen LogP contribution in [0.4, 0.5) is 13.2 Å². The molecule has 1 heterocycles. The summed E-state index contributed by atoms with van der Waals surface area (Å²) in [6, 6.07) is 0.0500. The van der Waals surface area contributed by atoms with E-state index < -0.39 is 11.9 Å². The van der Waals surface area contributed by atoms with Crippen molar-refractivity contribution >= 4 is 29.7 Å². The number of nitrogens with zero attached hydrogens (tertiary/aromatic N) is 2. The zero-order chi connectivity index (χ0) is 14.9. The molecule has 0 radical (unpaired) electrons. The molecule has 1 saturated carbocycles. The molecular weight excluding hydrogens is 327 g/mol. The first-order chi connectivity index (χ1) is 9.27. The summed E-state index contributed by atoms with van der Waals surface area (Å²) in [5, 5.41) is 1.26. The smallest absolute Gasteiger partial charge is 0.339 e. The van der Waals surface area contributed by atoms with Crippen LogP contribution >= 0.6 is 23.7 Å². The fourth-order valence-corrected chi connectivity index (χ4v) is 3.20. The second-order valence-electron chi connectivity index (χ2n) is 5.09. The molecule has 2 unspecified atom stereocenters. The maximum Gasteiger partial charge on any atom is 0.434 e. The van der Waals surface area contributed by atoms with Crippen molar-refractivity contribution in [3.8, 4) is 0 Å². The largest absolute Gasteiger partial charge is 0.434 e. The number of carbonyl (C=O) groups excluding carboxylic acids is 1. The molecule has 2 atom stereocenters. The standard InChI is InChI=1S/C12H16F3N3OS.ClH/c1-18(11(19)7-2-3-8(16)4-7)5-10-17-9(6-20-10)12(13,14)15;/h6-8H,2-5,16H2,1H3;1H. The number of halogens is 4. The van der Waals surface area contributed by atoms with Crippen molar-refractivity contribution in [2.45, 2.75) is 38.0 Å². The Bertz CT molecular complexity index is 494. The van der Waals surface area contributed by atoms with E-state index in [-0.39, 0.29) is 41.8 Å². The van der Waals surface area contributed by atoms with Gasteiger partial charge in [-0.3, -0.25) is 4.79 Å². The van der Waals surface area contributed by atoms with Gasteiger partial charge in [0.15, 0.2) is 5.69 Å². The quantitative estimate of drug-likeness (QED) is 0.918. The molecule has 1 aromatic heterocycles. The molecular formula is C12H17ClF3N3OS. The van der Waals surface area contributed by atoms with Gasteiger partial charge >= 0.3 is 6.18 Å². The van der Waals surface area contributed by atoms with E-state index in [1.54, 1.807) is 7.05 Å². The summed E-state index contributed by atoms with van der Waals surface area (Å²) in [7, 11) is 1.58.